The highest BCUT2D eigenvalue weighted by atomic mass is 16.5. The number of likely N-dealkylation sites (tertiary alicyclic amines) is 1. The van der Waals surface area contributed by atoms with E-state index in [-0.39, 0.29) is 28.7 Å². The summed E-state index contributed by atoms with van der Waals surface area (Å²) >= 11 is 0. The average molecular weight is 881 g/mol. The van der Waals surface area contributed by atoms with Crippen molar-refractivity contribution in [1.29, 1.82) is 0 Å². The summed E-state index contributed by atoms with van der Waals surface area (Å²) in [7, 11) is 0. The number of carbonyl (C=O) groups is 2. The van der Waals surface area contributed by atoms with Crippen LogP contribution in [-0.2, 0) is 22.3 Å². The van der Waals surface area contributed by atoms with E-state index in [1.165, 1.54) is 64.2 Å². The van der Waals surface area contributed by atoms with Gasteiger partial charge in [0.05, 0.1) is 52.1 Å². The summed E-state index contributed by atoms with van der Waals surface area (Å²) in [5.41, 5.74) is 3.87. The maximum atomic E-state index is 13.1. The zero-order valence-corrected chi connectivity index (χ0v) is 37.0. The molecule has 4 N–H and O–H groups in total. The summed E-state index contributed by atoms with van der Waals surface area (Å²) < 4.78 is 12.3. The number of nitrogens with zero attached hydrogens (tertiary/aromatic N) is 3. The molecule has 4 aliphatic rings. The molecule has 1 amide bonds. The fourth-order valence-electron chi connectivity index (χ4n) is 9.53. The van der Waals surface area contributed by atoms with Crippen molar-refractivity contribution in [3.8, 4) is 0 Å². The number of hydrogen-bond donors (Lipinski definition) is 4. The normalized spacial score (nSPS) is 17.4. The largest absolute Gasteiger partial charge is 0.478 e. The number of benzene rings is 4. The molecule has 4 fully saturated rings. The minimum atomic E-state index is -0.962. The van der Waals surface area contributed by atoms with Gasteiger partial charge in [-0.25, -0.2) is 15.0 Å². The first-order valence-electron chi connectivity index (χ1n) is 23.4. The maximum absolute atomic E-state index is 13.1. The number of carbonyl (C=O) groups excluding carboxylic acids is 1. The number of H-pyrrole nitrogens is 2. The van der Waals surface area contributed by atoms with E-state index >= 15 is 0 Å². The third-order valence-corrected chi connectivity index (χ3v) is 13.0. The minimum Gasteiger partial charge on any atom is -0.478 e. The topological polar surface area (TPSA) is 180 Å². The number of carboxylic acid groups (broad SMARTS) is 1. The van der Waals surface area contributed by atoms with Crippen molar-refractivity contribution in [2.45, 2.75) is 114 Å². The van der Waals surface area contributed by atoms with E-state index in [1.54, 1.807) is 36.4 Å². The van der Waals surface area contributed by atoms with Crippen molar-refractivity contribution < 1.29 is 24.2 Å². The van der Waals surface area contributed by atoms with Gasteiger partial charge in [0.2, 0.25) is 0 Å². The molecule has 0 unspecified atom stereocenters. The fraction of sp³-hybridized carbons (Fsp3) is 0.423. The van der Waals surface area contributed by atoms with Crippen LogP contribution < -0.4 is 16.4 Å². The Morgan fingerprint density at radius 3 is 1.48 bits per heavy atom. The van der Waals surface area contributed by atoms with Crippen LogP contribution in [0.25, 0.3) is 21.5 Å². The van der Waals surface area contributed by atoms with Gasteiger partial charge in [-0.3, -0.25) is 14.4 Å². The number of aromatic amines is 2. The molecule has 2 aliphatic heterocycles. The van der Waals surface area contributed by atoms with Crippen LogP contribution in [0.1, 0.15) is 120 Å². The van der Waals surface area contributed by atoms with E-state index in [9.17, 15) is 19.2 Å². The van der Waals surface area contributed by atoms with Crippen molar-refractivity contribution in [2.24, 2.45) is 0 Å². The molecule has 4 aromatic carbocycles. The van der Waals surface area contributed by atoms with Gasteiger partial charge in [0.15, 0.2) is 0 Å². The summed E-state index contributed by atoms with van der Waals surface area (Å²) in [6, 6.07) is 29.2. The van der Waals surface area contributed by atoms with Crippen LogP contribution in [0.3, 0.4) is 0 Å². The van der Waals surface area contributed by atoms with Crippen LogP contribution in [0.5, 0.6) is 0 Å². The van der Waals surface area contributed by atoms with Crippen LogP contribution in [0.4, 0.5) is 0 Å². The molecule has 0 radical (unpaired) electrons. The molecule has 13 heteroatoms. The number of nitrogens with one attached hydrogen (secondary N) is 3. The second-order valence-electron chi connectivity index (χ2n) is 17.7. The molecule has 4 heterocycles. The van der Waals surface area contributed by atoms with Gasteiger partial charge in [0, 0.05) is 42.3 Å². The van der Waals surface area contributed by atoms with Gasteiger partial charge in [-0.15, -0.1) is 0 Å². The molecule has 2 saturated carbocycles. The lowest BCUT2D eigenvalue weighted by atomic mass is 10.0. The molecule has 2 aliphatic carbocycles. The minimum absolute atomic E-state index is 0.0745. The molecule has 6 aromatic rings. The van der Waals surface area contributed by atoms with Crippen molar-refractivity contribution in [2.75, 3.05) is 26.2 Å². The highest BCUT2D eigenvalue weighted by Crippen LogP contribution is 2.27. The Morgan fingerprint density at radius 1 is 0.554 bits per heavy atom. The van der Waals surface area contributed by atoms with Crippen molar-refractivity contribution in [3.05, 3.63) is 151 Å². The molecule has 0 spiro atoms. The first-order chi connectivity index (χ1) is 31.8. The van der Waals surface area contributed by atoms with Crippen molar-refractivity contribution in [3.63, 3.8) is 0 Å². The van der Waals surface area contributed by atoms with E-state index < -0.39 is 5.97 Å². The van der Waals surface area contributed by atoms with E-state index in [0.717, 1.165) is 66.6 Å². The first kappa shape index (κ1) is 45.5. The third kappa shape index (κ3) is 12.2. The number of aromatic carboxylic acids is 1. The smallest absolute Gasteiger partial charge is 0.335 e. The van der Waals surface area contributed by atoms with Crippen LogP contribution in [-0.4, -0.2) is 92.9 Å². The summed E-state index contributed by atoms with van der Waals surface area (Å²) in [6.07, 6.45) is 17.5. The summed E-state index contributed by atoms with van der Waals surface area (Å²) in [5, 5.41) is 28.6. The number of hydrogen-bond acceptors (Lipinski definition) is 9. The van der Waals surface area contributed by atoms with Crippen molar-refractivity contribution in [1.82, 2.24) is 30.6 Å². The summed E-state index contributed by atoms with van der Waals surface area (Å²) in [6.45, 7) is 3.79. The number of carboxylic acids is 1. The second-order valence-corrected chi connectivity index (χ2v) is 17.7. The molecule has 10 rings (SSSR count). The number of aromatic nitrogens is 4. The molecule has 65 heavy (non-hydrogen) atoms. The monoisotopic (exact) mass is 880 g/mol. The zero-order valence-electron chi connectivity index (χ0n) is 37.0. The van der Waals surface area contributed by atoms with Crippen LogP contribution in [0, 0.1) is 0 Å². The van der Waals surface area contributed by atoms with E-state index in [1.807, 2.05) is 65.6 Å². The molecule has 0 atom stereocenters. The number of ether oxygens (including phenoxy) is 2. The van der Waals surface area contributed by atoms with Gasteiger partial charge >= 0.3 is 5.97 Å². The molecule has 2 saturated heterocycles. The Balaban J connectivity index is 0.000000149. The molecule has 13 nitrogen and oxygen atoms in total. The Labute approximate surface area is 379 Å². The number of rotatable bonds is 10. The lowest BCUT2D eigenvalue weighted by Gasteiger charge is -2.33. The number of fused-ring (bicyclic) bond motifs is 2. The van der Waals surface area contributed by atoms with Gasteiger partial charge in [0.1, 0.15) is 0 Å². The van der Waals surface area contributed by atoms with Gasteiger partial charge in [0.25, 0.3) is 17.0 Å². The molecule has 0 bridgehead atoms. The van der Waals surface area contributed by atoms with Gasteiger partial charge in [-0.1, -0.05) is 86.3 Å². The highest BCUT2D eigenvalue weighted by Gasteiger charge is 2.27. The van der Waals surface area contributed by atoms with Gasteiger partial charge < -0.3 is 24.8 Å². The van der Waals surface area contributed by atoms with Gasteiger partial charge in [-0.2, -0.15) is 10.2 Å². The lowest BCUT2D eigenvalue weighted by Crippen LogP contribution is -2.41. The average Bonchev–Trinajstić information content (AvgIpc) is 4.07. The van der Waals surface area contributed by atoms with Crippen molar-refractivity contribution >= 4 is 33.4 Å². The van der Waals surface area contributed by atoms with E-state index in [4.69, 9.17) is 14.6 Å². The Hall–Kier alpha value is -6.02. The van der Waals surface area contributed by atoms with E-state index in [2.05, 4.69) is 25.7 Å². The lowest BCUT2D eigenvalue weighted by molar-refractivity contribution is -0.0357. The first-order valence-corrected chi connectivity index (χ1v) is 23.4. The number of amides is 1. The predicted molar refractivity (Wildman–Crippen MR) is 252 cm³/mol. The SMILES string of the molecule is C1CCC(OC2CCNCC2)C1.O=C(O)c1cccc(Cc2n[nH]c(=O)c3ccccc23)c1.O=C(c1cccc(Cc2n[nH]c(=O)c3ccccc23)c1)N1CCC(OC2CCCC2)CC1. The fourth-order valence-corrected chi connectivity index (χ4v) is 9.53. The van der Waals surface area contributed by atoms with Gasteiger partial charge in [-0.05, 0) is 112 Å². The quantitative estimate of drug-likeness (QED) is 0.105. The third-order valence-electron chi connectivity index (χ3n) is 13.0. The molecular weight excluding hydrogens is 821 g/mol. The molecular formula is C52H60N6O7. The second kappa shape index (κ2) is 22.3. The number of piperidine rings is 2. The van der Waals surface area contributed by atoms with Crippen LogP contribution >= 0.6 is 0 Å². The summed E-state index contributed by atoms with van der Waals surface area (Å²) in [4.78, 5) is 49.9. The summed E-state index contributed by atoms with van der Waals surface area (Å²) in [5.74, 6) is -0.887. The Kier molecular flexibility index (Phi) is 15.6. The Morgan fingerprint density at radius 2 is 0.985 bits per heavy atom. The zero-order chi connectivity index (χ0) is 45.0. The van der Waals surface area contributed by atoms with E-state index in [0.29, 0.717) is 53.2 Å². The molecule has 2 aromatic heterocycles. The molecule has 340 valence electrons. The van der Waals surface area contributed by atoms with Crippen LogP contribution in [0.15, 0.2) is 107 Å². The predicted octanol–water partition coefficient (Wildman–Crippen LogP) is 7.99. The maximum Gasteiger partial charge on any atom is 0.335 e. The van der Waals surface area contributed by atoms with Crippen LogP contribution in [0.2, 0.25) is 0 Å². The Bertz CT molecular complexity index is 2660. The highest BCUT2D eigenvalue weighted by molar-refractivity contribution is 5.94. The standard InChI is InChI=1S/C26H29N3O3.C16H12N2O3.C10H19NO/c30-25-23-11-4-3-10-22(23)24(27-28-25)17-18-6-5-7-19(16-18)26(31)29-14-12-21(13-15-29)32-20-8-1-2-9-20;19-15-13-7-2-1-6-12(13)14(17-18-15)9-10-4-3-5-11(8-10)16(20)21;1-2-4-9(3-1)12-10-5-7-11-8-6-10/h3-7,10-11,16,20-21H,1-2,8-9,12-15,17H2,(H,28,30);1-8H,9H2,(H,18,19)(H,20,21);9-11H,1-8H2.